The fraction of sp³-hybridized carbons (Fsp3) is 0.774. The van der Waals surface area contributed by atoms with Gasteiger partial charge in [0.05, 0.1) is 40.5 Å². The maximum Gasteiger partial charge on any atom is 0.472 e. The highest BCUT2D eigenvalue weighted by Gasteiger charge is 2.24. The van der Waals surface area contributed by atoms with Gasteiger partial charge in [0, 0.05) is 12.8 Å². The summed E-state index contributed by atoms with van der Waals surface area (Å²) in [6.07, 6.45) is 17.4. The van der Waals surface area contributed by atoms with Crippen molar-refractivity contribution in [2.75, 3.05) is 40.5 Å². The number of nitrogens with one attached hydrogen (secondary N) is 1. The summed E-state index contributed by atoms with van der Waals surface area (Å²) in [5.74, 6) is 0.660. The molecule has 0 aromatic heterocycles. The summed E-state index contributed by atoms with van der Waals surface area (Å²) in [4.78, 5) is 23.0. The van der Waals surface area contributed by atoms with E-state index in [4.69, 9.17) is 13.8 Å². The number of ketones is 1. The molecule has 0 fully saturated rings. The molecule has 0 aliphatic rings. The molecule has 2 N–H and O–H groups in total. The Morgan fingerprint density at radius 1 is 0.846 bits per heavy atom. The van der Waals surface area contributed by atoms with Crippen LogP contribution in [0.2, 0.25) is 0 Å². The van der Waals surface area contributed by atoms with Crippen LogP contribution >= 0.6 is 7.82 Å². The molecule has 0 aliphatic carbocycles. The Kier molecular flexibility index (Phi) is 20.6. The van der Waals surface area contributed by atoms with Gasteiger partial charge in [-0.05, 0) is 43.4 Å². The third-order valence-corrected chi connectivity index (χ3v) is 7.82. The molecule has 1 aromatic carbocycles. The van der Waals surface area contributed by atoms with E-state index >= 15 is 0 Å². The van der Waals surface area contributed by atoms with Gasteiger partial charge in [-0.25, -0.2) is 4.57 Å². The fourth-order valence-corrected chi connectivity index (χ4v) is 5.46. The van der Waals surface area contributed by atoms with Gasteiger partial charge in [0.25, 0.3) is 0 Å². The van der Waals surface area contributed by atoms with Crippen LogP contribution in [-0.2, 0) is 24.8 Å². The van der Waals surface area contributed by atoms with E-state index in [9.17, 15) is 14.3 Å². The zero-order chi connectivity index (χ0) is 28.8. The molecule has 7 nitrogen and oxygen atoms in total. The van der Waals surface area contributed by atoms with Gasteiger partial charge < -0.3 is 19.3 Å². The number of rotatable bonds is 26. The predicted molar refractivity (Wildman–Crippen MR) is 160 cm³/mol. The largest absolute Gasteiger partial charge is 0.494 e. The van der Waals surface area contributed by atoms with E-state index in [0.717, 1.165) is 30.9 Å². The van der Waals surface area contributed by atoms with Crippen molar-refractivity contribution >= 4 is 13.6 Å². The molecule has 1 rings (SSSR count). The summed E-state index contributed by atoms with van der Waals surface area (Å²) in [5, 5.41) is 0. The average molecular weight is 571 g/mol. The summed E-state index contributed by atoms with van der Waals surface area (Å²) in [5.41, 5.74) is 1.03. The molecule has 39 heavy (non-hydrogen) atoms. The van der Waals surface area contributed by atoms with Crippen molar-refractivity contribution in [1.82, 2.24) is 0 Å². The Hall–Kier alpha value is -1.24. The molecular formula is C31H57NO6P+. The number of ether oxygens (including phenoxy) is 1. The molecule has 0 saturated carbocycles. The zero-order valence-corrected chi connectivity index (χ0v) is 26.2. The van der Waals surface area contributed by atoms with Gasteiger partial charge in [-0.2, -0.15) is 0 Å². The number of hydrogen-bond donors (Lipinski definition) is 2. The molecular weight excluding hydrogens is 513 g/mol. The quantitative estimate of drug-likeness (QED) is 0.0968. The second-order valence-corrected chi connectivity index (χ2v) is 12.7. The number of carbonyl (C=O) groups is 1. The SMILES string of the molecule is CCCCCCCCCCCCCCOc1ccc(CC(COP(=O)(O)OCCC[NH+](C)C)CC(C)=O)cc1. The predicted octanol–water partition coefficient (Wildman–Crippen LogP) is 6.57. The van der Waals surface area contributed by atoms with Crippen molar-refractivity contribution in [2.24, 2.45) is 5.92 Å². The molecule has 0 amide bonds. The number of benzene rings is 1. The topological polar surface area (TPSA) is 86.5 Å². The lowest BCUT2D eigenvalue weighted by molar-refractivity contribution is -0.858. The number of quaternary nitrogens is 1. The Balaban J connectivity index is 2.26. The third kappa shape index (κ3) is 21.2. The highest BCUT2D eigenvalue weighted by atomic mass is 31.2. The van der Waals surface area contributed by atoms with E-state index in [1.165, 1.54) is 82.5 Å². The number of carbonyl (C=O) groups excluding carboxylic acids is 1. The van der Waals surface area contributed by atoms with Crippen LogP contribution in [0.1, 0.15) is 109 Å². The smallest absolute Gasteiger partial charge is 0.472 e. The first-order valence-corrected chi connectivity index (χ1v) is 16.8. The molecule has 0 heterocycles. The third-order valence-electron chi connectivity index (χ3n) is 6.84. The van der Waals surface area contributed by atoms with Crippen LogP contribution in [-0.4, -0.2) is 51.1 Å². The molecule has 0 radical (unpaired) electrons. The first-order valence-electron chi connectivity index (χ1n) is 15.3. The highest BCUT2D eigenvalue weighted by Crippen LogP contribution is 2.44. The minimum absolute atomic E-state index is 0.0104. The number of hydrogen-bond acceptors (Lipinski definition) is 5. The lowest BCUT2D eigenvalue weighted by Gasteiger charge is -2.19. The molecule has 0 spiro atoms. The van der Waals surface area contributed by atoms with Gasteiger partial charge in [0.2, 0.25) is 0 Å². The van der Waals surface area contributed by atoms with Crippen LogP contribution in [0, 0.1) is 5.92 Å². The van der Waals surface area contributed by atoms with Crippen LogP contribution in [0.5, 0.6) is 5.75 Å². The van der Waals surface area contributed by atoms with E-state index in [0.29, 0.717) is 12.8 Å². The van der Waals surface area contributed by atoms with E-state index in [2.05, 4.69) is 6.92 Å². The van der Waals surface area contributed by atoms with Crippen molar-refractivity contribution in [3.63, 3.8) is 0 Å². The molecule has 0 aliphatic heterocycles. The Morgan fingerprint density at radius 3 is 1.95 bits per heavy atom. The van der Waals surface area contributed by atoms with Crippen LogP contribution in [0.25, 0.3) is 0 Å². The fourth-order valence-electron chi connectivity index (χ4n) is 4.63. The second kappa shape index (κ2) is 22.4. The monoisotopic (exact) mass is 570 g/mol. The minimum Gasteiger partial charge on any atom is -0.494 e. The van der Waals surface area contributed by atoms with Crippen molar-refractivity contribution in [2.45, 2.75) is 110 Å². The summed E-state index contributed by atoms with van der Waals surface area (Å²) in [6, 6.07) is 7.88. The van der Waals surface area contributed by atoms with Gasteiger partial charge in [-0.15, -0.1) is 0 Å². The maximum absolute atomic E-state index is 12.2. The van der Waals surface area contributed by atoms with Crippen molar-refractivity contribution in [3.8, 4) is 5.75 Å². The van der Waals surface area contributed by atoms with E-state index < -0.39 is 7.82 Å². The van der Waals surface area contributed by atoms with Gasteiger partial charge in [0.1, 0.15) is 11.5 Å². The van der Waals surface area contributed by atoms with Crippen molar-refractivity contribution < 1.29 is 32.9 Å². The standard InChI is InChI=1S/C31H56NO6P/c1-5-6-7-8-9-10-11-12-13-14-15-16-23-36-31-20-18-29(19-21-31)26-30(25-28(2)33)27-38-39(34,35)37-24-17-22-32(3)4/h18-21,30H,5-17,22-27H2,1-4H3,(H,34,35)/p+1. The van der Waals surface area contributed by atoms with Gasteiger partial charge in [-0.1, -0.05) is 89.7 Å². The van der Waals surface area contributed by atoms with E-state index in [1.54, 1.807) is 0 Å². The summed E-state index contributed by atoms with van der Waals surface area (Å²) in [7, 11) is -0.109. The number of Topliss-reactive ketones (excluding diaryl/α,β-unsaturated/α-hetero) is 1. The zero-order valence-electron chi connectivity index (χ0n) is 25.3. The molecule has 8 heteroatoms. The summed E-state index contributed by atoms with van der Waals surface area (Å²) in [6.45, 7) is 5.51. The van der Waals surface area contributed by atoms with Crippen molar-refractivity contribution in [1.29, 1.82) is 0 Å². The molecule has 0 saturated heterocycles. The Morgan fingerprint density at radius 2 is 1.41 bits per heavy atom. The van der Waals surface area contributed by atoms with Gasteiger partial charge in [0.15, 0.2) is 0 Å². The molecule has 0 bridgehead atoms. The Labute approximate surface area is 238 Å². The van der Waals surface area contributed by atoms with Gasteiger partial charge in [-0.3, -0.25) is 9.05 Å². The number of phosphoric acid groups is 1. The lowest BCUT2D eigenvalue weighted by Crippen LogP contribution is -3.05. The average Bonchev–Trinajstić information content (AvgIpc) is 2.88. The summed E-state index contributed by atoms with van der Waals surface area (Å²) >= 11 is 0. The molecule has 1 aromatic rings. The van der Waals surface area contributed by atoms with E-state index in [-0.39, 0.29) is 31.3 Å². The summed E-state index contributed by atoms with van der Waals surface area (Å²) < 4.78 is 28.4. The molecule has 2 atom stereocenters. The Bertz CT molecular complexity index is 786. The van der Waals surface area contributed by atoms with Crippen LogP contribution in [0.15, 0.2) is 24.3 Å². The lowest BCUT2D eigenvalue weighted by atomic mass is 9.95. The maximum atomic E-state index is 12.2. The van der Waals surface area contributed by atoms with Crippen LogP contribution in [0.3, 0.4) is 0 Å². The number of phosphoric ester groups is 1. The minimum atomic E-state index is -4.14. The first kappa shape index (κ1) is 35.8. The highest BCUT2D eigenvalue weighted by molar-refractivity contribution is 7.47. The van der Waals surface area contributed by atoms with Crippen LogP contribution < -0.4 is 9.64 Å². The van der Waals surface area contributed by atoms with Crippen LogP contribution in [0.4, 0.5) is 0 Å². The normalized spacial score (nSPS) is 13.9. The van der Waals surface area contributed by atoms with Gasteiger partial charge >= 0.3 is 7.82 Å². The number of unbranched alkanes of at least 4 members (excludes halogenated alkanes) is 11. The first-order chi connectivity index (χ1) is 18.7. The van der Waals surface area contributed by atoms with Crippen molar-refractivity contribution in [3.05, 3.63) is 29.8 Å². The second-order valence-electron chi connectivity index (χ2n) is 11.3. The molecule has 2 unspecified atom stereocenters. The molecule has 226 valence electrons. The van der Waals surface area contributed by atoms with E-state index in [1.807, 2.05) is 38.4 Å².